The first-order valence-electron chi connectivity index (χ1n) is 5.13. The van der Waals surface area contributed by atoms with Crippen LogP contribution in [0.5, 0.6) is 0 Å². The van der Waals surface area contributed by atoms with Gasteiger partial charge in [-0.3, -0.25) is 14.2 Å². The smallest absolute Gasteiger partial charge is 0.268 e. The molecule has 1 amide bonds. The fraction of sp³-hybridized carbons (Fsp3) is 0.500. The average molecular weight is 286 g/mol. The Balaban J connectivity index is 1.94. The molecule has 2 rings (SSSR count). The van der Waals surface area contributed by atoms with Gasteiger partial charge in [0.15, 0.2) is 0 Å². The molecule has 16 heavy (non-hydrogen) atoms. The lowest BCUT2D eigenvalue weighted by Gasteiger charge is -2.06. The van der Waals surface area contributed by atoms with E-state index in [4.69, 9.17) is 0 Å². The van der Waals surface area contributed by atoms with Gasteiger partial charge in [0.05, 0.1) is 6.33 Å². The van der Waals surface area contributed by atoms with Gasteiger partial charge in [-0.05, 0) is 34.7 Å². The van der Waals surface area contributed by atoms with Crippen molar-refractivity contribution in [1.29, 1.82) is 0 Å². The van der Waals surface area contributed by atoms with Crippen LogP contribution in [0.15, 0.2) is 21.8 Å². The summed E-state index contributed by atoms with van der Waals surface area (Å²) in [6, 6.07) is 0. The zero-order valence-corrected chi connectivity index (χ0v) is 10.2. The quantitative estimate of drug-likeness (QED) is 0.878. The molecule has 0 bridgehead atoms. The number of carbonyl (C=O) groups excluding carboxylic acids is 1. The maximum atomic E-state index is 11.6. The summed E-state index contributed by atoms with van der Waals surface area (Å²) in [5.41, 5.74) is -0.239. The number of amides is 1. The van der Waals surface area contributed by atoms with E-state index in [1.807, 2.05) is 0 Å². The van der Waals surface area contributed by atoms with Gasteiger partial charge in [-0.2, -0.15) is 0 Å². The molecule has 1 heterocycles. The number of hydrogen-bond acceptors (Lipinski definition) is 3. The molecule has 1 aromatic rings. The fourth-order valence-electron chi connectivity index (χ4n) is 1.33. The standard InChI is InChI=1S/C10H12BrN3O2/c11-8-4-12-6-14(10(8)16)5-9(15)13-3-7-1-2-7/h4,6-7H,1-3,5H2,(H,13,15). The van der Waals surface area contributed by atoms with Gasteiger partial charge in [0.25, 0.3) is 5.56 Å². The third-order valence-electron chi connectivity index (χ3n) is 2.46. The second-order valence-corrected chi connectivity index (χ2v) is 4.78. The van der Waals surface area contributed by atoms with Crippen LogP contribution in [-0.4, -0.2) is 22.0 Å². The zero-order chi connectivity index (χ0) is 11.5. The summed E-state index contributed by atoms with van der Waals surface area (Å²) in [5.74, 6) is 0.496. The lowest BCUT2D eigenvalue weighted by molar-refractivity contribution is -0.121. The molecule has 0 aromatic carbocycles. The van der Waals surface area contributed by atoms with Crippen LogP contribution in [0, 0.1) is 5.92 Å². The van der Waals surface area contributed by atoms with E-state index in [0.717, 1.165) is 6.54 Å². The van der Waals surface area contributed by atoms with Crippen LogP contribution in [0.1, 0.15) is 12.8 Å². The molecule has 1 aliphatic carbocycles. The number of carbonyl (C=O) groups is 1. The van der Waals surface area contributed by atoms with E-state index in [2.05, 4.69) is 26.2 Å². The Morgan fingerprint density at radius 1 is 1.62 bits per heavy atom. The highest BCUT2D eigenvalue weighted by molar-refractivity contribution is 9.10. The van der Waals surface area contributed by atoms with Gasteiger partial charge in [0.1, 0.15) is 11.0 Å². The number of halogens is 1. The summed E-state index contributed by atoms with van der Waals surface area (Å²) in [6.07, 6.45) is 5.17. The molecular formula is C10H12BrN3O2. The fourth-order valence-corrected chi connectivity index (χ4v) is 1.67. The normalized spacial score (nSPS) is 14.8. The Kier molecular flexibility index (Phi) is 3.38. The first-order chi connectivity index (χ1) is 7.66. The van der Waals surface area contributed by atoms with Crippen LogP contribution >= 0.6 is 15.9 Å². The third-order valence-corrected chi connectivity index (χ3v) is 3.00. The minimum absolute atomic E-state index is 0.0258. The van der Waals surface area contributed by atoms with Crippen molar-refractivity contribution in [2.75, 3.05) is 6.54 Å². The summed E-state index contributed by atoms with van der Waals surface area (Å²) >= 11 is 3.08. The molecule has 6 heteroatoms. The molecule has 5 nitrogen and oxygen atoms in total. The highest BCUT2D eigenvalue weighted by Crippen LogP contribution is 2.27. The summed E-state index contributed by atoms with van der Waals surface area (Å²) < 4.78 is 1.65. The molecule has 0 unspecified atom stereocenters. The van der Waals surface area contributed by atoms with Crippen LogP contribution in [-0.2, 0) is 11.3 Å². The van der Waals surface area contributed by atoms with Gasteiger partial charge >= 0.3 is 0 Å². The van der Waals surface area contributed by atoms with Crippen molar-refractivity contribution in [3.05, 3.63) is 27.4 Å². The predicted octanol–water partition coefficient (Wildman–Crippen LogP) is 0.532. The van der Waals surface area contributed by atoms with E-state index in [0.29, 0.717) is 10.4 Å². The van der Waals surface area contributed by atoms with Crippen molar-refractivity contribution in [2.24, 2.45) is 5.92 Å². The number of aromatic nitrogens is 2. The van der Waals surface area contributed by atoms with E-state index in [9.17, 15) is 9.59 Å². The van der Waals surface area contributed by atoms with Crippen LogP contribution < -0.4 is 10.9 Å². The maximum absolute atomic E-state index is 11.6. The van der Waals surface area contributed by atoms with E-state index in [1.165, 1.54) is 29.9 Å². The molecule has 86 valence electrons. The summed E-state index contributed by atoms with van der Waals surface area (Å²) in [6.45, 7) is 0.743. The van der Waals surface area contributed by atoms with Gasteiger partial charge in [0, 0.05) is 12.7 Å². The molecule has 1 fully saturated rings. The topological polar surface area (TPSA) is 64.0 Å². The molecule has 1 saturated carbocycles. The van der Waals surface area contributed by atoms with Crippen LogP contribution in [0.25, 0.3) is 0 Å². The first kappa shape index (κ1) is 11.3. The van der Waals surface area contributed by atoms with Crippen molar-refractivity contribution < 1.29 is 4.79 Å². The molecule has 0 spiro atoms. The Labute approximate surface area is 101 Å². The van der Waals surface area contributed by atoms with Crippen molar-refractivity contribution in [2.45, 2.75) is 19.4 Å². The summed E-state index contributed by atoms with van der Waals surface area (Å²) in [7, 11) is 0. The van der Waals surface area contributed by atoms with Gasteiger partial charge < -0.3 is 5.32 Å². The Morgan fingerprint density at radius 3 is 3.06 bits per heavy atom. The number of rotatable bonds is 4. The molecule has 0 saturated heterocycles. The van der Waals surface area contributed by atoms with Crippen molar-refractivity contribution in [1.82, 2.24) is 14.9 Å². The van der Waals surface area contributed by atoms with E-state index in [-0.39, 0.29) is 18.0 Å². The third kappa shape index (κ3) is 2.91. The lowest BCUT2D eigenvalue weighted by Crippen LogP contribution is -2.33. The predicted molar refractivity (Wildman–Crippen MR) is 61.9 cm³/mol. The Hall–Kier alpha value is -1.17. The Morgan fingerprint density at radius 2 is 2.38 bits per heavy atom. The first-order valence-corrected chi connectivity index (χ1v) is 5.93. The monoisotopic (exact) mass is 285 g/mol. The zero-order valence-electron chi connectivity index (χ0n) is 8.65. The largest absolute Gasteiger partial charge is 0.354 e. The Bertz CT molecular complexity index is 454. The highest BCUT2D eigenvalue weighted by Gasteiger charge is 2.21. The SMILES string of the molecule is O=C(Cn1cncc(Br)c1=O)NCC1CC1. The van der Waals surface area contributed by atoms with Gasteiger partial charge in [-0.15, -0.1) is 0 Å². The second-order valence-electron chi connectivity index (χ2n) is 3.92. The number of nitrogens with zero attached hydrogens (tertiary/aromatic N) is 2. The van der Waals surface area contributed by atoms with Crippen LogP contribution in [0.3, 0.4) is 0 Å². The van der Waals surface area contributed by atoms with Crippen molar-refractivity contribution in [3.63, 3.8) is 0 Å². The lowest BCUT2D eigenvalue weighted by atomic mass is 10.4. The van der Waals surface area contributed by atoms with Gasteiger partial charge in [0.2, 0.25) is 5.91 Å². The summed E-state index contributed by atoms with van der Waals surface area (Å²) in [5, 5.41) is 2.80. The number of nitrogens with one attached hydrogen (secondary N) is 1. The van der Waals surface area contributed by atoms with Crippen LogP contribution in [0.4, 0.5) is 0 Å². The van der Waals surface area contributed by atoms with E-state index >= 15 is 0 Å². The van der Waals surface area contributed by atoms with E-state index in [1.54, 1.807) is 0 Å². The number of hydrogen-bond donors (Lipinski definition) is 1. The van der Waals surface area contributed by atoms with Gasteiger partial charge in [-0.25, -0.2) is 4.98 Å². The molecule has 0 radical (unpaired) electrons. The summed E-state index contributed by atoms with van der Waals surface area (Å²) in [4.78, 5) is 26.9. The second kappa shape index (κ2) is 4.78. The van der Waals surface area contributed by atoms with Crippen molar-refractivity contribution >= 4 is 21.8 Å². The maximum Gasteiger partial charge on any atom is 0.268 e. The minimum atomic E-state index is -0.239. The minimum Gasteiger partial charge on any atom is -0.354 e. The molecule has 1 N–H and O–H groups in total. The molecule has 0 aliphatic heterocycles. The van der Waals surface area contributed by atoms with Crippen molar-refractivity contribution in [3.8, 4) is 0 Å². The molecule has 1 aromatic heterocycles. The molecule has 1 aliphatic rings. The van der Waals surface area contributed by atoms with Gasteiger partial charge in [-0.1, -0.05) is 0 Å². The molecule has 0 atom stereocenters. The molecular weight excluding hydrogens is 274 g/mol. The average Bonchev–Trinajstić information content (AvgIpc) is 3.06. The van der Waals surface area contributed by atoms with Crippen LogP contribution in [0.2, 0.25) is 0 Å². The highest BCUT2D eigenvalue weighted by atomic mass is 79.9. The van der Waals surface area contributed by atoms with E-state index < -0.39 is 0 Å².